The number of halogens is 4. The minimum absolute atomic E-state index is 0.000107. The molecular weight excluding hydrogens is 566 g/mol. The molecule has 3 aromatic carbocycles. The van der Waals surface area contributed by atoms with E-state index in [4.69, 9.17) is 0 Å². The monoisotopic (exact) mass is 585 g/mol. The fourth-order valence-corrected chi connectivity index (χ4v) is 4.74. The van der Waals surface area contributed by atoms with Crippen LogP contribution < -0.4 is 16.0 Å². The molecule has 4 rings (SSSR count). The molecule has 0 saturated heterocycles. The van der Waals surface area contributed by atoms with Crippen molar-refractivity contribution in [2.45, 2.75) is 4.90 Å². The third-order valence-corrected chi connectivity index (χ3v) is 7.01. The van der Waals surface area contributed by atoms with Crippen LogP contribution in [0.3, 0.4) is 0 Å². The van der Waals surface area contributed by atoms with Crippen molar-refractivity contribution < 1.29 is 31.9 Å². The minimum atomic E-state index is -1.72. The summed E-state index contributed by atoms with van der Waals surface area (Å²) < 4.78 is 54.4. The molecule has 0 spiro atoms. The molecule has 0 fully saturated rings. The van der Waals surface area contributed by atoms with E-state index in [-0.39, 0.29) is 17.5 Å². The lowest BCUT2D eigenvalue weighted by molar-refractivity contribution is -0.114. The lowest BCUT2D eigenvalue weighted by atomic mass is 10.2. The Labute approximate surface area is 234 Å². The van der Waals surface area contributed by atoms with Crippen molar-refractivity contribution in [1.82, 2.24) is 5.32 Å². The van der Waals surface area contributed by atoms with Crippen molar-refractivity contribution >= 4 is 58.3 Å². The van der Waals surface area contributed by atoms with Crippen molar-refractivity contribution in [1.29, 1.82) is 0 Å². The maximum absolute atomic E-state index is 13.8. The van der Waals surface area contributed by atoms with Gasteiger partial charge in [-0.05, 0) is 47.9 Å². The molecule has 3 N–H and O–H groups in total. The van der Waals surface area contributed by atoms with Crippen molar-refractivity contribution in [3.8, 4) is 0 Å². The van der Waals surface area contributed by atoms with Crippen LogP contribution in [0, 0.1) is 23.3 Å². The number of carbonyl (C=O) groups is 3. The van der Waals surface area contributed by atoms with E-state index in [1.54, 1.807) is 66.7 Å². The van der Waals surface area contributed by atoms with Gasteiger partial charge in [0.05, 0.1) is 5.75 Å². The topological polar surface area (TPSA) is 87.3 Å². The lowest BCUT2D eigenvalue weighted by Gasteiger charge is -2.12. The molecular formula is C28H19F4N3O3S2. The standard InChI is InChI=1S/C28H19F4N3O3S2/c29-20-14-21(30)25(32)26(24(20)31)35-23(36)15-40-18-9-4-8-17(12-18)33-28(38)22(13-19-10-5-11-39-19)34-27(37)16-6-2-1-3-7-16/h1-14H,15H2,(H,33,38)(H,34,37)(H,35,36)/b22-13-. The Balaban J connectivity index is 1.43. The molecule has 3 amide bonds. The molecule has 0 aliphatic carbocycles. The molecule has 0 unspecified atom stereocenters. The molecule has 1 heterocycles. The Morgan fingerprint density at radius 1 is 0.825 bits per heavy atom. The Morgan fingerprint density at radius 2 is 1.55 bits per heavy atom. The van der Waals surface area contributed by atoms with Gasteiger partial charge in [0.25, 0.3) is 11.8 Å². The summed E-state index contributed by atoms with van der Waals surface area (Å²) in [4.78, 5) is 39.3. The summed E-state index contributed by atoms with van der Waals surface area (Å²) in [6.45, 7) is 0. The van der Waals surface area contributed by atoms with E-state index in [0.717, 1.165) is 16.6 Å². The summed E-state index contributed by atoms with van der Waals surface area (Å²) in [5.74, 6) is -9.05. The van der Waals surface area contributed by atoms with Gasteiger partial charge in [0.15, 0.2) is 23.3 Å². The summed E-state index contributed by atoms with van der Waals surface area (Å²) in [5.41, 5.74) is -0.512. The summed E-state index contributed by atoms with van der Waals surface area (Å²) in [7, 11) is 0. The first-order valence-electron chi connectivity index (χ1n) is 11.5. The first-order valence-corrected chi connectivity index (χ1v) is 13.4. The van der Waals surface area contributed by atoms with Crippen LogP contribution >= 0.6 is 23.1 Å². The Hall–Kier alpha value is -4.42. The predicted octanol–water partition coefficient (Wildman–Crippen LogP) is 6.44. The van der Waals surface area contributed by atoms with Crippen LogP contribution in [0.2, 0.25) is 0 Å². The summed E-state index contributed by atoms with van der Waals surface area (Å²) in [5, 5.41) is 8.99. The number of rotatable bonds is 9. The summed E-state index contributed by atoms with van der Waals surface area (Å²) in [6.07, 6.45) is 1.54. The molecule has 0 aliphatic rings. The normalized spacial score (nSPS) is 11.2. The molecule has 0 bridgehead atoms. The van der Waals surface area contributed by atoms with Crippen molar-refractivity contribution in [2.24, 2.45) is 0 Å². The van der Waals surface area contributed by atoms with Crippen molar-refractivity contribution in [3.05, 3.63) is 118 Å². The van der Waals surface area contributed by atoms with Crippen LogP contribution in [0.5, 0.6) is 0 Å². The molecule has 40 heavy (non-hydrogen) atoms. The third-order valence-electron chi connectivity index (χ3n) is 5.20. The quantitative estimate of drug-likeness (QED) is 0.0913. The van der Waals surface area contributed by atoms with Crippen molar-refractivity contribution in [3.63, 3.8) is 0 Å². The van der Waals surface area contributed by atoms with Crippen LogP contribution in [0.25, 0.3) is 6.08 Å². The number of carbonyl (C=O) groups excluding carboxylic acids is 3. The SMILES string of the molecule is O=C(CSc1cccc(NC(=O)/C(=C/c2cccs2)NC(=O)c2ccccc2)c1)Nc1c(F)c(F)cc(F)c1F. The first kappa shape index (κ1) is 28.6. The number of nitrogens with one attached hydrogen (secondary N) is 3. The maximum Gasteiger partial charge on any atom is 0.272 e. The number of benzene rings is 3. The first-order chi connectivity index (χ1) is 19.2. The van der Waals surface area contributed by atoms with Crippen LogP contribution in [0.1, 0.15) is 15.2 Å². The van der Waals surface area contributed by atoms with E-state index < -0.39 is 46.7 Å². The molecule has 1 aromatic heterocycles. The Kier molecular flexibility index (Phi) is 9.35. The van der Waals surface area contributed by atoms with Gasteiger partial charge in [0.2, 0.25) is 5.91 Å². The van der Waals surface area contributed by atoms with Gasteiger partial charge in [0.1, 0.15) is 11.4 Å². The van der Waals surface area contributed by atoms with E-state index in [9.17, 15) is 31.9 Å². The van der Waals surface area contributed by atoms with Gasteiger partial charge >= 0.3 is 0 Å². The molecule has 12 heteroatoms. The average Bonchev–Trinajstić information content (AvgIpc) is 3.46. The highest BCUT2D eigenvalue weighted by Crippen LogP contribution is 2.26. The second-order valence-corrected chi connectivity index (χ2v) is 10.1. The van der Waals surface area contributed by atoms with Gasteiger partial charge in [-0.1, -0.05) is 30.3 Å². The number of hydrogen-bond acceptors (Lipinski definition) is 5. The predicted molar refractivity (Wildman–Crippen MR) is 147 cm³/mol. The number of thiophene rings is 1. The summed E-state index contributed by atoms with van der Waals surface area (Å²) >= 11 is 2.33. The lowest BCUT2D eigenvalue weighted by Crippen LogP contribution is -2.30. The average molecular weight is 586 g/mol. The van der Waals surface area contributed by atoms with Gasteiger partial charge in [0, 0.05) is 27.1 Å². The van der Waals surface area contributed by atoms with Gasteiger partial charge < -0.3 is 16.0 Å². The maximum atomic E-state index is 13.8. The van der Waals surface area contributed by atoms with Crippen LogP contribution in [-0.2, 0) is 9.59 Å². The van der Waals surface area contributed by atoms with Gasteiger partial charge in [-0.3, -0.25) is 14.4 Å². The minimum Gasteiger partial charge on any atom is -0.321 e. The van der Waals surface area contributed by atoms with Gasteiger partial charge in [-0.15, -0.1) is 23.1 Å². The zero-order chi connectivity index (χ0) is 28.6. The highest BCUT2D eigenvalue weighted by Gasteiger charge is 2.21. The molecule has 4 aromatic rings. The van der Waals surface area contributed by atoms with E-state index in [1.807, 2.05) is 10.7 Å². The highest BCUT2D eigenvalue weighted by atomic mass is 32.2. The number of amides is 3. The zero-order valence-corrected chi connectivity index (χ0v) is 22.0. The smallest absolute Gasteiger partial charge is 0.272 e. The molecule has 204 valence electrons. The second kappa shape index (κ2) is 13.1. The fourth-order valence-electron chi connectivity index (χ4n) is 3.33. The molecule has 0 atom stereocenters. The highest BCUT2D eigenvalue weighted by molar-refractivity contribution is 8.00. The van der Waals surface area contributed by atoms with E-state index >= 15 is 0 Å². The third kappa shape index (κ3) is 7.36. The number of thioether (sulfide) groups is 1. The van der Waals surface area contributed by atoms with Crippen LogP contribution in [-0.4, -0.2) is 23.5 Å². The van der Waals surface area contributed by atoms with Crippen LogP contribution in [0.15, 0.2) is 88.8 Å². The molecule has 0 saturated carbocycles. The van der Waals surface area contributed by atoms with E-state index in [1.165, 1.54) is 17.4 Å². The van der Waals surface area contributed by atoms with Gasteiger partial charge in [-0.25, -0.2) is 17.6 Å². The van der Waals surface area contributed by atoms with Crippen molar-refractivity contribution in [2.75, 3.05) is 16.4 Å². The number of anilines is 2. The van der Waals surface area contributed by atoms with Gasteiger partial charge in [-0.2, -0.15) is 0 Å². The van der Waals surface area contributed by atoms with E-state index in [2.05, 4.69) is 10.6 Å². The van der Waals surface area contributed by atoms with Crippen LogP contribution in [0.4, 0.5) is 28.9 Å². The Morgan fingerprint density at radius 3 is 2.23 bits per heavy atom. The molecule has 0 radical (unpaired) electrons. The number of hydrogen-bond donors (Lipinski definition) is 3. The molecule has 6 nitrogen and oxygen atoms in total. The second-order valence-electron chi connectivity index (χ2n) is 8.06. The fraction of sp³-hybridized carbons (Fsp3) is 0.0357. The Bertz CT molecular complexity index is 1550. The summed E-state index contributed by atoms with van der Waals surface area (Å²) in [6, 6.07) is 18.4. The zero-order valence-electron chi connectivity index (χ0n) is 20.3. The van der Waals surface area contributed by atoms with E-state index in [0.29, 0.717) is 16.1 Å². The largest absolute Gasteiger partial charge is 0.321 e. The molecule has 0 aliphatic heterocycles.